The molecule has 0 aliphatic heterocycles. The molecule has 2 aromatic rings. The molecule has 0 fully saturated rings. The first kappa shape index (κ1) is 14.9. The maximum atomic E-state index is 5.70. The summed E-state index contributed by atoms with van der Waals surface area (Å²) in [4.78, 5) is 0. The molecule has 2 rings (SSSR count). The van der Waals surface area contributed by atoms with Gasteiger partial charge in [0.05, 0.1) is 11.7 Å². The van der Waals surface area contributed by atoms with Crippen molar-refractivity contribution in [3.63, 3.8) is 0 Å². The topological polar surface area (TPSA) is 43.0 Å². The molecule has 0 saturated carbocycles. The van der Waals surface area contributed by atoms with E-state index in [1.807, 2.05) is 20.0 Å². The van der Waals surface area contributed by atoms with Gasteiger partial charge in [-0.15, -0.1) is 0 Å². The van der Waals surface area contributed by atoms with Gasteiger partial charge in [0.1, 0.15) is 11.5 Å². The molecule has 1 unspecified atom stereocenters. The Morgan fingerprint density at radius 2 is 2.10 bits per heavy atom. The highest BCUT2D eigenvalue weighted by Crippen LogP contribution is 2.27. The fourth-order valence-corrected chi connectivity index (χ4v) is 2.59. The van der Waals surface area contributed by atoms with Crippen molar-refractivity contribution in [1.82, 2.24) is 15.1 Å². The Bertz CT molecular complexity index is 542. The van der Waals surface area contributed by atoms with E-state index in [9.17, 15) is 0 Å². The van der Waals surface area contributed by atoms with Crippen LogP contribution in [0.15, 0.2) is 22.7 Å². The lowest BCUT2D eigenvalue weighted by atomic mass is 10.0. The summed E-state index contributed by atoms with van der Waals surface area (Å²) < 4.78 is 7.80. The highest BCUT2D eigenvalue weighted by molar-refractivity contribution is 5.31. The van der Waals surface area contributed by atoms with Crippen molar-refractivity contribution in [1.29, 1.82) is 0 Å². The number of furan rings is 1. The van der Waals surface area contributed by atoms with Crippen LogP contribution in [0.3, 0.4) is 0 Å². The fraction of sp³-hybridized carbons (Fsp3) is 0.562. The second-order valence-corrected chi connectivity index (χ2v) is 5.23. The Balaban J connectivity index is 2.36. The monoisotopic (exact) mass is 275 g/mol. The van der Waals surface area contributed by atoms with Gasteiger partial charge in [-0.2, -0.15) is 5.10 Å². The van der Waals surface area contributed by atoms with Crippen LogP contribution < -0.4 is 5.32 Å². The van der Waals surface area contributed by atoms with Gasteiger partial charge in [-0.3, -0.25) is 4.68 Å². The minimum Gasteiger partial charge on any atom is -0.466 e. The highest BCUT2D eigenvalue weighted by Gasteiger charge is 2.21. The first-order valence-electron chi connectivity index (χ1n) is 7.49. The summed E-state index contributed by atoms with van der Waals surface area (Å²) in [7, 11) is 0. The van der Waals surface area contributed by atoms with Gasteiger partial charge in [-0.1, -0.05) is 13.8 Å². The highest BCUT2D eigenvalue weighted by atomic mass is 16.3. The third kappa shape index (κ3) is 3.12. The summed E-state index contributed by atoms with van der Waals surface area (Å²) in [5.74, 6) is 1.95. The average Bonchev–Trinajstić information content (AvgIpc) is 2.99. The number of nitrogens with one attached hydrogen (secondary N) is 1. The molecule has 0 saturated heterocycles. The minimum atomic E-state index is 0.154. The first-order chi connectivity index (χ1) is 9.67. The zero-order valence-corrected chi connectivity index (χ0v) is 12.9. The predicted octanol–water partition coefficient (Wildman–Crippen LogP) is 3.59. The summed E-state index contributed by atoms with van der Waals surface area (Å²) >= 11 is 0. The van der Waals surface area contributed by atoms with E-state index < -0.39 is 0 Å². The zero-order valence-electron chi connectivity index (χ0n) is 12.9. The number of hydrogen-bond donors (Lipinski definition) is 1. The minimum absolute atomic E-state index is 0.154. The summed E-state index contributed by atoms with van der Waals surface area (Å²) in [6.45, 7) is 10.3. The standard InChI is InChI=1S/C16H25N3O/c1-5-8-17-16(14-11-12(3)20-13(14)4)15-7-9-18-19(15)10-6-2/h7,9,11,16-17H,5-6,8,10H2,1-4H3. The normalized spacial score (nSPS) is 12.8. The van der Waals surface area contributed by atoms with Crippen LogP contribution in [0.4, 0.5) is 0 Å². The van der Waals surface area contributed by atoms with Gasteiger partial charge in [-0.05, 0) is 45.4 Å². The lowest BCUT2D eigenvalue weighted by Crippen LogP contribution is -2.26. The average molecular weight is 275 g/mol. The molecule has 0 spiro atoms. The third-order valence-electron chi connectivity index (χ3n) is 3.47. The van der Waals surface area contributed by atoms with Gasteiger partial charge in [0.2, 0.25) is 0 Å². The number of hydrogen-bond acceptors (Lipinski definition) is 3. The van der Waals surface area contributed by atoms with Gasteiger partial charge in [0.15, 0.2) is 0 Å². The molecule has 1 N–H and O–H groups in total. The number of aryl methyl sites for hydroxylation is 3. The molecule has 0 aromatic carbocycles. The molecule has 0 radical (unpaired) electrons. The molecule has 2 heterocycles. The molecule has 1 atom stereocenters. The van der Waals surface area contributed by atoms with Crippen LogP contribution in [0.25, 0.3) is 0 Å². The molecule has 110 valence electrons. The molecular weight excluding hydrogens is 250 g/mol. The molecule has 0 amide bonds. The second-order valence-electron chi connectivity index (χ2n) is 5.23. The summed E-state index contributed by atoms with van der Waals surface area (Å²) in [6.07, 6.45) is 4.07. The first-order valence-corrected chi connectivity index (χ1v) is 7.49. The van der Waals surface area contributed by atoms with E-state index in [0.717, 1.165) is 37.5 Å². The van der Waals surface area contributed by atoms with E-state index in [-0.39, 0.29) is 6.04 Å². The number of nitrogens with zero attached hydrogens (tertiary/aromatic N) is 2. The second kappa shape index (κ2) is 6.75. The molecule has 0 aliphatic carbocycles. The van der Waals surface area contributed by atoms with Gasteiger partial charge in [0.25, 0.3) is 0 Å². The summed E-state index contributed by atoms with van der Waals surface area (Å²) in [5, 5.41) is 8.06. The maximum absolute atomic E-state index is 5.70. The lowest BCUT2D eigenvalue weighted by molar-refractivity contribution is 0.481. The molecule has 4 nitrogen and oxygen atoms in total. The Labute approximate surface area is 121 Å². The van der Waals surface area contributed by atoms with Crippen molar-refractivity contribution in [2.45, 2.75) is 53.1 Å². The van der Waals surface area contributed by atoms with E-state index in [1.54, 1.807) is 0 Å². The van der Waals surface area contributed by atoms with Crippen LogP contribution in [0, 0.1) is 13.8 Å². The molecule has 20 heavy (non-hydrogen) atoms. The van der Waals surface area contributed by atoms with Crippen molar-refractivity contribution in [3.8, 4) is 0 Å². The molecule has 0 bridgehead atoms. The number of aromatic nitrogens is 2. The van der Waals surface area contributed by atoms with Crippen molar-refractivity contribution < 1.29 is 4.42 Å². The third-order valence-corrected chi connectivity index (χ3v) is 3.47. The van der Waals surface area contributed by atoms with E-state index in [0.29, 0.717) is 0 Å². The summed E-state index contributed by atoms with van der Waals surface area (Å²) in [6, 6.07) is 4.39. The van der Waals surface area contributed by atoms with Crippen LogP contribution in [0.2, 0.25) is 0 Å². The Kier molecular flexibility index (Phi) is 5.01. The molecule has 0 aliphatic rings. The molecule has 2 aromatic heterocycles. The van der Waals surface area contributed by atoms with Crippen molar-refractivity contribution in [3.05, 3.63) is 41.1 Å². The van der Waals surface area contributed by atoms with Crippen LogP contribution >= 0.6 is 0 Å². The molecule has 4 heteroatoms. The van der Waals surface area contributed by atoms with Gasteiger partial charge in [0, 0.05) is 18.3 Å². The van der Waals surface area contributed by atoms with Gasteiger partial charge >= 0.3 is 0 Å². The largest absolute Gasteiger partial charge is 0.466 e. The van der Waals surface area contributed by atoms with Crippen LogP contribution in [-0.2, 0) is 6.54 Å². The zero-order chi connectivity index (χ0) is 14.5. The Hall–Kier alpha value is -1.55. The Morgan fingerprint density at radius 3 is 2.70 bits per heavy atom. The van der Waals surface area contributed by atoms with E-state index in [2.05, 4.69) is 41.1 Å². The summed E-state index contributed by atoms with van der Waals surface area (Å²) in [5.41, 5.74) is 2.43. The van der Waals surface area contributed by atoms with Crippen molar-refractivity contribution >= 4 is 0 Å². The van der Waals surface area contributed by atoms with Crippen molar-refractivity contribution in [2.75, 3.05) is 6.54 Å². The van der Waals surface area contributed by atoms with Gasteiger partial charge in [-0.25, -0.2) is 0 Å². The smallest absolute Gasteiger partial charge is 0.106 e. The van der Waals surface area contributed by atoms with Gasteiger partial charge < -0.3 is 9.73 Å². The van der Waals surface area contributed by atoms with Crippen LogP contribution in [0.1, 0.15) is 55.5 Å². The van der Waals surface area contributed by atoms with E-state index in [1.165, 1.54) is 11.3 Å². The van der Waals surface area contributed by atoms with Crippen LogP contribution in [0.5, 0.6) is 0 Å². The predicted molar refractivity (Wildman–Crippen MR) is 80.8 cm³/mol. The Morgan fingerprint density at radius 1 is 1.30 bits per heavy atom. The number of rotatable bonds is 7. The maximum Gasteiger partial charge on any atom is 0.106 e. The lowest BCUT2D eigenvalue weighted by Gasteiger charge is -2.19. The van der Waals surface area contributed by atoms with E-state index in [4.69, 9.17) is 4.42 Å². The quantitative estimate of drug-likeness (QED) is 0.839. The SMILES string of the molecule is CCCNC(c1cc(C)oc1C)c1ccnn1CCC. The van der Waals surface area contributed by atoms with Crippen molar-refractivity contribution in [2.24, 2.45) is 0 Å². The molecular formula is C16H25N3O. The van der Waals surface area contributed by atoms with Crippen LogP contribution in [-0.4, -0.2) is 16.3 Å². The fourth-order valence-electron chi connectivity index (χ4n) is 2.59. The van der Waals surface area contributed by atoms with E-state index >= 15 is 0 Å².